The zero-order valence-electron chi connectivity index (χ0n) is 23.7. The second-order valence-corrected chi connectivity index (χ2v) is 14.2. The normalized spacial score (nSPS) is 14.3. The minimum atomic E-state index is -4.58. The van der Waals surface area contributed by atoms with Crippen LogP contribution in [0.3, 0.4) is 0 Å². The Morgan fingerprint density at radius 3 is 2.37 bits per heavy atom. The van der Waals surface area contributed by atoms with Crippen molar-refractivity contribution in [2.75, 3.05) is 49.7 Å². The van der Waals surface area contributed by atoms with Gasteiger partial charge in [-0.05, 0) is 37.9 Å². The second kappa shape index (κ2) is 11.8. The molecule has 3 heterocycles. The standard InChI is InChI=1S/C28H30ClF3N7O3P/c1-4-22-24(37-13-11-33-12-14-37)26(41)39-27(35-25(36-39)17-5-8-19(9-6-17)43(2,3)42)38(22)16-23(40)34-21-10-7-18(15-20(21)29)28(30,31)32/h5-10,15,33H,4,11-14,16H2,1-3H3,(H,34,40). The van der Waals surface area contributed by atoms with E-state index in [9.17, 15) is 27.3 Å². The van der Waals surface area contributed by atoms with E-state index < -0.39 is 24.8 Å². The van der Waals surface area contributed by atoms with E-state index in [1.807, 2.05) is 11.8 Å². The van der Waals surface area contributed by atoms with Crippen molar-refractivity contribution in [1.82, 2.24) is 24.5 Å². The summed E-state index contributed by atoms with van der Waals surface area (Å²) in [5.74, 6) is -0.209. The summed E-state index contributed by atoms with van der Waals surface area (Å²) in [6.45, 7) is 7.37. The SMILES string of the molecule is CCc1c(N2CCNCC2)c(=O)n2nc(-c3ccc(P(C)(C)=O)cc3)nc2n1CC(=O)Nc1ccc(C(F)(F)F)cc1Cl. The van der Waals surface area contributed by atoms with Gasteiger partial charge < -0.3 is 24.7 Å². The number of piperazine rings is 1. The molecule has 0 unspecified atom stereocenters. The average molecular weight is 636 g/mol. The minimum Gasteiger partial charge on any atom is -0.363 e. The first-order valence-corrected chi connectivity index (χ1v) is 16.6. The van der Waals surface area contributed by atoms with Gasteiger partial charge in [0.05, 0.1) is 22.0 Å². The predicted octanol–water partition coefficient (Wildman–Crippen LogP) is 4.09. The summed E-state index contributed by atoms with van der Waals surface area (Å²) in [6, 6.07) is 9.62. The van der Waals surface area contributed by atoms with Crippen molar-refractivity contribution in [3.8, 4) is 11.4 Å². The van der Waals surface area contributed by atoms with Crippen LogP contribution in [0.25, 0.3) is 17.2 Å². The Kier molecular flexibility index (Phi) is 8.43. The number of carbonyl (C=O) groups excluding carboxylic acids is 1. The van der Waals surface area contributed by atoms with E-state index in [1.165, 1.54) is 4.52 Å². The van der Waals surface area contributed by atoms with Gasteiger partial charge in [0.1, 0.15) is 19.4 Å². The van der Waals surface area contributed by atoms with E-state index >= 15 is 0 Å². The highest BCUT2D eigenvalue weighted by atomic mass is 35.5. The number of hydrogen-bond donors (Lipinski definition) is 2. The maximum Gasteiger partial charge on any atom is 0.416 e. The molecular weight excluding hydrogens is 606 g/mol. The van der Waals surface area contributed by atoms with Gasteiger partial charge in [-0.3, -0.25) is 9.59 Å². The molecule has 0 spiro atoms. The molecule has 2 N–H and O–H groups in total. The van der Waals surface area contributed by atoms with Gasteiger partial charge >= 0.3 is 6.18 Å². The smallest absolute Gasteiger partial charge is 0.363 e. The Labute approximate surface area is 250 Å². The molecule has 2 aromatic carbocycles. The van der Waals surface area contributed by atoms with E-state index in [-0.39, 0.29) is 34.4 Å². The van der Waals surface area contributed by atoms with Crippen LogP contribution in [0, 0.1) is 0 Å². The molecule has 1 fully saturated rings. The van der Waals surface area contributed by atoms with Gasteiger partial charge in [-0.2, -0.15) is 22.7 Å². The lowest BCUT2D eigenvalue weighted by atomic mass is 10.2. The number of nitrogens with one attached hydrogen (secondary N) is 2. The number of carbonyl (C=O) groups is 1. The number of benzene rings is 2. The van der Waals surface area contributed by atoms with Crippen molar-refractivity contribution >= 4 is 47.1 Å². The number of halogens is 4. The summed E-state index contributed by atoms with van der Waals surface area (Å²) >= 11 is 6.07. The fourth-order valence-corrected chi connectivity index (χ4v) is 6.13. The average Bonchev–Trinajstić information content (AvgIpc) is 3.41. The Hall–Kier alpha value is -3.67. The highest BCUT2D eigenvalue weighted by Crippen LogP contribution is 2.35. The lowest BCUT2D eigenvalue weighted by Gasteiger charge is -2.31. The van der Waals surface area contributed by atoms with Crippen molar-refractivity contribution in [3.63, 3.8) is 0 Å². The fourth-order valence-electron chi connectivity index (χ4n) is 5.04. The molecule has 1 aliphatic rings. The van der Waals surface area contributed by atoms with Crippen LogP contribution < -0.4 is 26.4 Å². The first-order valence-electron chi connectivity index (χ1n) is 13.6. The van der Waals surface area contributed by atoms with Gasteiger partial charge in [0.15, 0.2) is 5.82 Å². The van der Waals surface area contributed by atoms with E-state index in [4.69, 9.17) is 11.6 Å². The quantitative estimate of drug-likeness (QED) is 0.294. The number of hydrogen-bond acceptors (Lipinski definition) is 7. The van der Waals surface area contributed by atoms with Crippen molar-refractivity contribution in [2.24, 2.45) is 0 Å². The molecular formula is C28H30ClF3N7O3P. The Bertz CT molecular complexity index is 1790. The van der Waals surface area contributed by atoms with E-state index in [1.54, 1.807) is 42.2 Å². The van der Waals surface area contributed by atoms with Crippen LogP contribution in [0.15, 0.2) is 47.3 Å². The molecule has 0 bridgehead atoms. The largest absolute Gasteiger partial charge is 0.416 e. The number of nitrogens with zero attached hydrogens (tertiary/aromatic N) is 5. The zero-order chi connectivity index (χ0) is 31.1. The van der Waals surface area contributed by atoms with Gasteiger partial charge in [0.2, 0.25) is 11.7 Å². The molecule has 1 saturated heterocycles. The summed E-state index contributed by atoms with van der Waals surface area (Å²) in [7, 11) is -2.49. The molecule has 0 saturated carbocycles. The molecule has 1 aliphatic heterocycles. The summed E-state index contributed by atoms with van der Waals surface area (Å²) in [4.78, 5) is 33.8. The van der Waals surface area contributed by atoms with Crippen molar-refractivity contribution < 1.29 is 22.5 Å². The van der Waals surface area contributed by atoms with Gasteiger partial charge in [-0.25, -0.2) is 0 Å². The van der Waals surface area contributed by atoms with Crippen molar-refractivity contribution in [1.29, 1.82) is 0 Å². The van der Waals surface area contributed by atoms with Crippen LogP contribution in [-0.4, -0.2) is 64.6 Å². The molecule has 4 aromatic rings. The summed E-state index contributed by atoms with van der Waals surface area (Å²) in [5, 5.41) is 10.8. The van der Waals surface area contributed by atoms with Gasteiger partial charge in [-0.15, -0.1) is 5.10 Å². The molecule has 10 nitrogen and oxygen atoms in total. The molecule has 0 aliphatic carbocycles. The summed E-state index contributed by atoms with van der Waals surface area (Å²) in [6.07, 6.45) is -4.19. The summed E-state index contributed by atoms with van der Waals surface area (Å²) < 4.78 is 54.5. The lowest BCUT2D eigenvalue weighted by molar-refractivity contribution is -0.137. The van der Waals surface area contributed by atoms with E-state index in [2.05, 4.69) is 20.7 Å². The molecule has 15 heteroatoms. The second-order valence-electron chi connectivity index (χ2n) is 10.6. The third kappa shape index (κ3) is 6.34. The van der Waals surface area contributed by atoms with Crippen molar-refractivity contribution in [2.45, 2.75) is 26.1 Å². The van der Waals surface area contributed by atoms with Gasteiger partial charge in [0.25, 0.3) is 5.56 Å². The number of amides is 1. The first kappa shape index (κ1) is 30.8. The zero-order valence-corrected chi connectivity index (χ0v) is 25.4. The monoisotopic (exact) mass is 635 g/mol. The van der Waals surface area contributed by atoms with Gasteiger partial charge in [-0.1, -0.05) is 42.8 Å². The number of alkyl halides is 3. The molecule has 43 heavy (non-hydrogen) atoms. The Morgan fingerprint density at radius 1 is 1.12 bits per heavy atom. The maximum absolute atomic E-state index is 13.9. The maximum atomic E-state index is 13.9. The molecule has 2 aromatic heterocycles. The van der Waals surface area contributed by atoms with Crippen LogP contribution in [0.2, 0.25) is 5.02 Å². The third-order valence-corrected chi connectivity index (χ3v) is 9.07. The van der Waals surface area contributed by atoms with E-state index in [0.717, 1.165) is 18.2 Å². The van der Waals surface area contributed by atoms with Crippen LogP contribution in [0.1, 0.15) is 18.2 Å². The highest BCUT2D eigenvalue weighted by Gasteiger charge is 2.31. The number of aromatic nitrogens is 4. The molecule has 1 amide bonds. The van der Waals surface area contributed by atoms with Crippen LogP contribution >= 0.6 is 18.7 Å². The van der Waals surface area contributed by atoms with Crippen LogP contribution in [0.4, 0.5) is 24.5 Å². The number of anilines is 2. The Balaban J connectivity index is 1.59. The van der Waals surface area contributed by atoms with Crippen molar-refractivity contribution in [3.05, 3.63) is 69.1 Å². The predicted molar refractivity (Wildman–Crippen MR) is 161 cm³/mol. The van der Waals surface area contributed by atoms with Gasteiger partial charge in [0, 0.05) is 37.0 Å². The summed E-state index contributed by atoms with van der Waals surface area (Å²) in [5.41, 5.74) is 0.273. The number of fused-ring (bicyclic) bond motifs is 1. The van der Waals surface area contributed by atoms with Crippen LogP contribution in [0.5, 0.6) is 0 Å². The minimum absolute atomic E-state index is 0.0171. The number of rotatable bonds is 7. The van der Waals surface area contributed by atoms with Crippen LogP contribution in [-0.2, 0) is 28.5 Å². The molecule has 228 valence electrons. The fraction of sp³-hybridized carbons (Fsp3) is 0.357. The highest BCUT2D eigenvalue weighted by molar-refractivity contribution is 7.70. The Morgan fingerprint density at radius 2 is 1.79 bits per heavy atom. The molecule has 0 atom stereocenters. The lowest BCUT2D eigenvalue weighted by Crippen LogP contribution is -2.47. The first-order chi connectivity index (χ1) is 20.3. The molecule has 5 rings (SSSR count). The third-order valence-electron chi connectivity index (χ3n) is 7.21. The molecule has 0 radical (unpaired) electrons. The topological polar surface area (TPSA) is 114 Å². The van der Waals surface area contributed by atoms with E-state index in [0.29, 0.717) is 54.8 Å².